The molecule has 0 spiro atoms. The number of hydrogen-bond donors (Lipinski definition) is 1. The summed E-state index contributed by atoms with van der Waals surface area (Å²) in [4.78, 5) is 43.4. The molecule has 0 unspecified atom stereocenters. The molecule has 0 aliphatic heterocycles. The van der Waals surface area contributed by atoms with Crippen molar-refractivity contribution in [2.75, 3.05) is 19.5 Å². The van der Waals surface area contributed by atoms with Gasteiger partial charge < -0.3 is 14.8 Å². The van der Waals surface area contributed by atoms with E-state index in [0.717, 1.165) is 16.9 Å². The number of benzene rings is 2. The van der Waals surface area contributed by atoms with Crippen molar-refractivity contribution < 1.29 is 23.9 Å². The highest BCUT2D eigenvalue weighted by molar-refractivity contribution is 7.18. The van der Waals surface area contributed by atoms with Crippen molar-refractivity contribution in [3.8, 4) is 11.3 Å². The van der Waals surface area contributed by atoms with Crippen LogP contribution in [-0.4, -0.2) is 37.0 Å². The fourth-order valence-electron chi connectivity index (χ4n) is 3.89. The molecular formula is C26H21ClN2O5S. The molecule has 1 amide bonds. The Hall–Kier alpha value is -3.75. The van der Waals surface area contributed by atoms with Crippen LogP contribution in [0.5, 0.6) is 0 Å². The summed E-state index contributed by atoms with van der Waals surface area (Å²) in [6.07, 6.45) is 0. The first-order chi connectivity index (χ1) is 16.8. The van der Waals surface area contributed by atoms with E-state index in [-0.39, 0.29) is 15.4 Å². The number of pyridine rings is 1. The monoisotopic (exact) mass is 508 g/mol. The van der Waals surface area contributed by atoms with Crippen LogP contribution in [0.1, 0.15) is 41.5 Å². The van der Waals surface area contributed by atoms with Crippen LogP contribution < -0.4 is 5.32 Å². The van der Waals surface area contributed by atoms with Crippen molar-refractivity contribution in [3.63, 3.8) is 0 Å². The first kappa shape index (κ1) is 24.4. The number of thiophene rings is 1. The van der Waals surface area contributed by atoms with Gasteiger partial charge in [0.15, 0.2) is 0 Å². The number of rotatable bonds is 5. The first-order valence-electron chi connectivity index (χ1n) is 10.5. The highest BCUT2D eigenvalue weighted by atomic mass is 35.5. The van der Waals surface area contributed by atoms with Crippen molar-refractivity contribution in [2.45, 2.75) is 13.8 Å². The maximum atomic E-state index is 13.7. The average molecular weight is 509 g/mol. The predicted octanol–water partition coefficient (Wildman–Crippen LogP) is 6.06. The van der Waals surface area contributed by atoms with Crippen LogP contribution in [0, 0.1) is 13.8 Å². The predicted molar refractivity (Wildman–Crippen MR) is 137 cm³/mol. The van der Waals surface area contributed by atoms with Gasteiger partial charge in [-0.1, -0.05) is 41.9 Å². The van der Waals surface area contributed by atoms with E-state index in [2.05, 4.69) is 5.32 Å². The number of hydrogen-bond acceptors (Lipinski definition) is 7. The second-order valence-corrected chi connectivity index (χ2v) is 9.14. The molecule has 178 valence electrons. The van der Waals surface area contributed by atoms with E-state index in [9.17, 15) is 14.4 Å². The smallest absolute Gasteiger partial charge is 0.348 e. The Labute approximate surface area is 210 Å². The van der Waals surface area contributed by atoms with Crippen LogP contribution in [-0.2, 0) is 9.47 Å². The summed E-state index contributed by atoms with van der Waals surface area (Å²) in [5.74, 6) is -1.71. The SMILES string of the molecule is COC(=O)c1sc(NC(=O)c2c(C)c(-c3ccc(Cl)cc3)nc3ccccc23)c(C(=O)OC)c1C. The number of carbonyl (C=O) groups is 3. The molecule has 35 heavy (non-hydrogen) atoms. The van der Waals surface area contributed by atoms with E-state index in [4.69, 9.17) is 26.1 Å². The Morgan fingerprint density at radius 2 is 1.54 bits per heavy atom. The van der Waals surface area contributed by atoms with E-state index in [0.29, 0.717) is 38.3 Å². The number of aromatic nitrogens is 1. The number of carbonyl (C=O) groups excluding carboxylic acids is 3. The van der Waals surface area contributed by atoms with E-state index in [1.807, 2.05) is 43.3 Å². The van der Waals surface area contributed by atoms with Gasteiger partial charge >= 0.3 is 11.9 Å². The highest BCUT2D eigenvalue weighted by Crippen LogP contribution is 2.36. The summed E-state index contributed by atoms with van der Waals surface area (Å²) in [5, 5.41) is 4.27. The molecule has 4 rings (SSSR count). The van der Waals surface area contributed by atoms with Crippen molar-refractivity contribution in [2.24, 2.45) is 0 Å². The zero-order valence-electron chi connectivity index (χ0n) is 19.4. The number of fused-ring (bicyclic) bond motifs is 1. The number of halogens is 1. The Kier molecular flexibility index (Phi) is 6.86. The number of esters is 2. The lowest BCUT2D eigenvalue weighted by Crippen LogP contribution is -2.17. The van der Waals surface area contributed by atoms with Gasteiger partial charge in [0, 0.05) is 16.0 Å². The van der Waals surface area contributed by atoms with Gasteiger partial charge in [0.2, 0.25) is 0 Å². The van der Waals surface area contributed by atoms with Gasteiger partial charge in [-0.2, -0.15) is 0 Å². The molecule has 0 aliphatic carbocycles. The minimum Gasteiger partial charge on any atom is -0.465 e. The number of para-hydroxylation sites is 1. The summed E-state index contributed by atoms with van der Waals surface area (Å²) in [6.45, 7) is 3.43. The maximum absolute atomic E-state index is 13.7. The molecule has 0 saturated heterocycles. The molecule has 2 heterocycles. The number of nitrogens with one attached hydrogen (secondary N) is 1. The van der Waals surface area contributed by atoms with Crippen LogP contribution >= 0.6 is 22.9 Å². The molecule has 0 atom stereocenters. The molecule has 1 N–H and O–H groups in total. The second kappa shape index (κ2) is 9.85. The zero-order valence-corrected chi connectivity index (χ0v) is 21.0. The number of anilines is 1. The summed E-state index contributed by atoms with van der Waals surface area (Å²) in [7, 11) is 2.49. The molecule has 4 aromatic rings. The van der Waals surface area contributed by atoms with Crippen molar-refractivity contribution in [3.05, 3.63) is 80.7 Å². The van der Waals surface area contributed by atoms with E-state index in [1.165, 1.54) is 14.2 Å². The third-order valence-electron chi connectivity index (χ3n) is 5.61. The van der Waals surface area contributed by atoms with Crippen molar-refractivity contribution in [1.29, 1.82) is 0 Å². The number of ether oxygens (including phenoxy) is 2. The molecule has 9 heteroatoms. The van der Waals surface area contributed by atoms with Crippen LogP contribution in [0.2, 0.25) is 5.02 Å². The summed E-state index contributed by atoms with van der Waals surface area (Å²) in [6, 6.07) is 14.5. The largest absolute Gasteiger partial charge is 0.465 e. The van der Waals surface area contributed by atoms with E-state index in [1.54, 1.807) is 19.1 Å². The number of methoxy groups -OCH3 is 2. The molecule has 0 fully saturated rings. The molecule has 2 aromatic carbocycles. The minimum absolute atomic E-state index is 0.111. The maximum Gasteiger partial charge on any atom is 0.348 e. The number of nitrogens with zero attached hydrogens (tertiary/aromatic N) is 1. The lowest BCUT2D eigenvalue weighted by Gasteiger charge is -2.15. The topological polar surface area (TPSA) is 94.6 Å². The fraction of sp³-hybridized carbons (Fsp3) is 0.154. The van der Waals surface area contributed by atoms with Crippen LogP contribution in [0.25, 0.3) is 22.2 Å². The Balaban J connectivity index is 1.87. The van der Waals surface area contributed by atoms with Gasteiger partial charge in [-0.3, -0.25) is 4.79 Å². The third kappa shape index (κ3) is 4.50. The molecule has 0 radical (unpaired) electrons. The van der Waals surface area contributed by atoms with Crippen LogP contribution in [0.15, 0.2) is 48.5 Å². The molecule has 2 aromatic heterocycles. The molecule has 0 aliphatic rings. The lowest BCUT2D eigenvalue weighted by atomic mass is 9.97. The molecule has 7 nitrogen and oxygen atoms in total. The van der Waals surface area contributed by atoms with Gasteiger partial charge in [0.25, 0.3) is 5.91 Å². The normalized spacial score (nSPS) is 10.8. The van der Waals surface area contributed by atoms with Gasteiger partial charge in [-0.15, -0.1) is 11.3 Å². The highest BCUT2D eigenvalue weighted by Gasteiger charge is 2.28. The molecule has 0 bridgehead atoms. The molecular weight excluding hydrogens is 488 g/mol. The van der Waals surface area contributed by atoms with Gasteiger partial charge in [0.05, 0.1) is 36.6 Å². The van der Waals surface area contributed by atoms with Gasteiger partial charge in [0.1, 0.15) is 9.88 Å². The van der Waals surface area contributed by atoms with Gasteiger partial charge in [-0.05, 0) is 43.2 Å². The van der Waals surface area contributed by atoms with Crippen molar-refractivity contribution in [1.82, 2.24) is 4.98 Å². The standard InChI is InChI=1S/C26H21ClN2O5S/c1-13-19(17-7-5-6-8-18(17)28-21(13)15-9-11-16(27)12-10-15)23(30)29-24-20(25(31)33-3)14(2)22(35-24)26(32)34-4/h5-12H,1-4H3,(H,29,30). The fourth-order valence-corrected chi connectivity index (χ4v) is 5.13. The first-order valence-corrected chi connectivity index (χ1v) is 11.7. The quantitative estimate of drug-likeness (QED) is 0.329. The average Bonchev–Trinajstić information content (AvgIpc) is 3.18. The third-order valence-corrected chi connectivity index (χ3v) is 7.05. The lowest BCUT2D eigenvalue weighted by molar-refractivity contribution is 0.0601. The summed E-state index contributed by atoms with van der Waals surface area (Å²) >= 11 is 7.01. The Bertz CT molecular complexity index is 1480. The zero-order chi connectivity index (χ0) is 25.3. The minimum atomic E-state index is -0.664. The van der Waals surface area contributed by atoms with E-state index >= 15 is 0 Å². The molecule has 0 saturated carbocycles. The summed E-state index contributed by atoms with van der Waals surface area (Å²) < 4.78 is 9.72. The van der Waals surface area contributed by atoms with Crippen LogP contribution in [0.3, 0.4) is 0 Å². The van der Waals surface area contributed by atoms with Gasteiger partial charge in [-0.25, -0.2) is 14.6 Å². The van der Waals surface area contributed by atoms with Crippen molar-refractivity contribution >= 4 is 56.7 Å². The second-order valence-electron chi connectivity index (χ2n) is 7.68. The number of amides is 1. The Morgan fingerprint density at radius 1 is 0.886 bits per heavy atom. The Morgan fingerprint density at radius 3 is 2.20 bits per heavy atom. The van der Waals surface area contributed by atoms with E-state index < -0.39 is 17.8 Å². The van der Waals surface area contributed by atoms with Crippen LogP contribution in [0.4, 0.5) is 5.00 Å². The summed E-state index contributed by atoms with van der Waals surface area (Å²) in [5.41, 5.74) is 3.63.